The van der Waals surface area contributed by atoms with E-state index in [4.69, 9.17) is 4.74 Å². The molecule has 1 aliphatic rings. The van der Waals surface area contributed by atoms with Gasteiger partial charge in [0, 0.05) is 6.04 Å². The van der Waals surface area contributed by atoms with Crippen LogP contribution in [-0.4, -0.2) is 33.1 Å². The molecule has 0 spiro atoms. The van der Waals surface area contributed by atoms with Crippen LogP contribution in [0.15, 0.2) is 24.3 Å². The lowest BCUT2D eigenvalue weighted by Crippen LogP contribution is -2.29. The molecular weight excluding hydrogens is 286 g/mol. The Kier molecular flexibility index (Phi) is 5.65. The molecule has 0 bridgehead atoms. The summed E-state index contributed by atoms with van der Waals surface area (Å²) in [6.45, 7) is 5.65. The Balaban J connectivity index is 2.18. The van der Waals surface area contributed by atoms with Crippen LogP contribution in [0.1, 0.15) is 38.3 Å². The van der Waals surface area contributed by atoms with Gasteiger partial charge >= 0.3 is 0 Å². The van der Waals surface area contributed by atoms with E-state index in [1.807, 2.05) is 25.1 Å². The van der Waals surface area contributed by atoms with Crippen LogP contribution in [0.25, 0.3) is 0 Å². The molecule has 1 aliphatic heterocycles. The van der Waals surface area contributed by atoms with Crippen LogP contribution in [-0.2, 0) is 9.84 Å². The highest BCUT2D eigenvalue weighted by molar-refractivity contribution is 7.91. The molecule has 2 rings (SSSR count). The third-order valence-corrected chi connectivity index (χ3v) is 5.65. The van der Waals surface area contributed by atoms with E-state index in [2.05, 4.69) is 18.3 Å². The van der Waals surface area contributed by atoms with Crippen molar-refractivity contribution in [1.29, 1.82) is 0 Å². The van der Waals surface area contributed by atoms with E-state index in [1.54, 1.807) is 0 Å². The van der Waals surface area contributed by atoms with Gasteiger partial charge in [-0.1, -0.05) is 26.0 Å². The maximum absolute atomic E-state index is 11.7. The summed E-state index contributed by atoms with van der Waals surface area (Å²) in [6.07, 6.45) is 1.71. The average molecular weight is 311 g/mol. The summed E-state index contributed by atoms with van der Waals surface area (Å²) in [5, 5.41) is 3.44. The molecule has 2 atom stereocenters. The van der Waals surface area contributed by atoms with Crippen LogP contribution in [0.4, 0.5) is 0 Å². The van der Waals surface area contributed by atoms with E-state index in [1.165, 1.54) is 0 Å². The highest BCUT2D eigenvalue weighted by Crippen LogP contribution is 2.32. The molecule has 0 saturated carbocycles. The lowest BCUT2D eigenvalue weighted by molar-refractivity contribution is 0.315. The lowest BCUT2D eigenvalue weighted by Gasteiger charge is -2.24. The lowest BCUT2D eigenvalue weighted by atomic mass is 9.92. The second-order valence-corrected chi connectivity index (χ2v) is 7.85. The number of benzene rings is 1. The van der Waals surface area contributed by atoms with Gasteiger partial charge in [0.05, 0.1) is 18.1 Å². The molecule has 1 N–H and O–H groups in total. The predicted molar refractivity (Wildman–Crippen MR) is 85.4 cm³/mol. The van der Waals surface area contributed by atoms with Crippen molar-refractivity contribution in [3.8, 4) is 5.75 Å². The fourth-order valence-electron chi connectivity index (χ4n) is 2.88. The van der Waals surface area contributed by atoms with Crippen LogP contribution < -0.4 is 10.1 Å². The summed E-state index contributed by atoms with van der Waals surface area (Å²) in [5.74, 6) is 1.60. The molecule has 4 nitrogen and oxygen atoms in total. The molecule has 0 amide bonds. The third-order valence-electron chi connectivity index (χ3n) is 3.85. The van der Waals surface area contributed by atoms with Crippen molar-refractivity contribution >= 4 is 9.84 Å². The van der Waals surface area contributed by atoms with E-state index in [0.717, 1.165) is 30.7 Å². The summed E-state index contributed by atoms with van der Waals surface area (Å²) in [4.78, 5) is 0. The highest BCUT2D eigenvalue weighted by Gasteiger charge is 2.34. The number of sulfone groups is 1. The molecule has 21 heavy (non-hydrogen) atoms. The van der Waals surface area contributed by atoms with Gasteiger partial charge in [0.1, 0.15) is 5.75 Å². The van der Waals surface area contributed by atoms with Gasteiger partial charge in [0.15, 0.2) is 9.84 Å². The van der Waals surface area contributed by atoms with E-state index in [9.17, 15) is 8.42 Å². The molecule has 0 radical (unpaired) electrons. The van der Waals surface area contributed by atoms with Crippen molar-refractivity contribution in [3.05, 3.63) is 29.8 Å². The standard InChI is InChI=1S/C16H25NO3S/c1-3-9-20-15-7-5-6-13(11-15)16(17-4-2)14-8-10-21(18,19)12-14/h5-7,11,14,16-17H,3-4,8-10,12H2,1-2H3. The van der Waals surface area contributed by atoms with Crippen LogP contribution in [0.2, 0.25) is 0 Å². The SMILES string of the molecule is CCCOc1cccc(C(NCC)C2CCS(=O)(=O)C2)c1. The fraction of sp³-hybridized carbons (Fsp3) is 0.625. The Hall–Kier alpha value is -1.07. The van der Waals surface area contributed by atoms with Crippen LogP contribution in [0.5, 0.6) is 5.75 Å². The molecule has 118 valence electrons. The maximum atomic E-state index is 11.7. The molecule has 1 heterocycles. The Labute approximate surface area is 127 Å². The van der Waals surface area contributed by atoms with E-state index < -0.39 is 9.84 Å². The normalized spacial score (nSPS) is 22.1. The van der Waals surface area contributed by atoms with Gasteiger partial charge in [-0.2, -0.15) is 0 Å². The van der Waals surface area contributed by atoms with Crippen molar-refractivity contribution in [2.75, 3.05) is 24.7 Å². The van der Waals surface area contributed by atoms with Gasteiger partial charge in [-0.15, -0.1) is 0 Å². The second kappa shape index (κ2) is 7.27. The molecule has 1 aromatic rings. The summed E-state index contributed by atoms with van der Waals surface area (Å²) >= 11 is 0. The van der Waals surface area contributed by atoms with Crippen molar-refractivity contribution in [2.24, 2.45) is 5.92 Å². The van der Waals surface area contributed by atoms with Gasteiger partial charge in [-0.3, -0.25) is 0 Å². The van der Waals surface area contributed by atoms with Crippen molar-refractivity contribution < 1.29 is 13.2 Å². The minimum Gasteiger partial charge on any atom is -0.494 e. The minimum absolute atomic E-state index is 0.0810. The van der Waals surface area contributed by atoms with Crippen molar-refractivity contribution in [2.45, 2.75) is 32.7 Å². The van der Waals surface area contributed by atoms with Crippen LogP contribution in [0.3, 0.4) is 0 Å². The zero-order valence-electron chi connectivity index (χ0n) is 12.8. The topological polar surface area (TPSA) is 55.4 Å². The third kappa shape index (κ3) is 4.45. The van der Waals surface area contributed by atoms with Gasteiger partial charge in [-0.05, 0) is 43.0 Å². The predicted octanol–water partition coefficient (Wildman–Crippen LogP) is 2.56. The zero-order chi connectivity index (χ0) is 15.3. The first-order chi connectivity index (χ1) is 10.1. The number of ether oxygens (including phenoxy) is 1. The minimum atomic E-state index is -2.86. The number of hydrogen-bond acceptors (Lipinski definition) is 4. The van der Waals surface area contributed by atoms with Crippen LogP contribution in [0, 0.1) is 5.92 Å². The summed E-state index contributed by atoms with van der Waals surface area (Å²) in [6, 6.07) is 8.10. The van der Waals surface area contributed by atoms with Crippen LogP contribution >= 0.6 is 0 Å². The smallest absolute Gasteiger partial charge is 0.150 e. The summed E-state index contributed by atoms with van der Waals surface area (Å²) in [7, 11) is -2.86. The van der Waals surface area contributed by atoms with Gasteiger partial charge < -0.3 is 10.1 Å². The Morgan fingerprint density at radius 3 is 2.81 bits per heavy atom. The molecule has 0 aliphatic carbocycles. The molecule has 1 aromatic carbocycles. The molecule has 2 unspecified atom stereocenters. The Morgan fingerprint density at radius 2 is 2.19 bits per heavy atom. The number of nitrogens with one attached hydrogen (secondary N) is 1. The number of hydrogen-bond donors (Lipinski definition) is 1. The largest absolute Gasteiger partial charge is 0.494 e. The molecule has 1 saturated heterocycles. The molecule has 1 fully saturated rings. The summed E-state index contributed by atoms with van der Waals surface area (Å²) in [5.41, 5.74) is 1.12. The average Bonchev–Trinajstić information content (AvgIpc) is 2.82. The first kappa shape index (κ1) is 16.3. The van der Waals surface area contributed by atoms with Gasteiger partial charge in [-0.25, -0.2) is 8.42 Å². The van der Waals surface area contributed by atoms with E-state index >= 15 is 0 Å². The maximum Gasteiger partial charge on any atom is 0.150 e. The molecule has 5 heteroatoms. The Morgan fingerprint density at radius 1 is 1.38 bits per heavy atom. The van der Waals surface area contributed by atoms with E-state index in [-0.39, 0.29) is 17.7 Å². The quantitative estimate of drug-likeness (QED) is 0.841. The zero-order valence-corrected chi connectivity index (χ0v) is 13.7. The summed E-state index contributed by atoms with van der Waals surface area (Å²) < 4.78 is 29.2. The number of rotatable bonds is 7. The fourth-order valence-corrected chi connectivity index (χ4v) is 4.72. The van der Waals surface area contributed by atoms with Gasteiger partial charge in [0.2, 0.25) is 0 Å². The van der Waals surface area contributed by atoms with E-state index in [0.29, 0.717) is 12.4 Å². The molecular formula is C16H25NO3S. The monoisotopic (exact) mass is 311 g/mol. The first-order valence-corrected chi connectivity index (χ1v) is 9.54. The van der Waals surface area contributed by atoms with Crippen molar-refractivity contribution in [3.63, 3.8) is 0 Å². The first-order valence-electron chi connectivity index (χ1n) is 7.72. The Bertz CT molecular complexity index is 556. The molecule has 0 aromatic heterocycles. The second-order valence-electron chi connectivity index (χ2n) is 5.62. The van der Waals surface area contributed by atoms with Crippen molar-refractivity contribution in [1.82, 2.24) is 5.32 Å². The highest BCUT2D eigenvalue weighted by atomic mass is 32.2. The van der Waals surface area contributed by atoms with Gasteiger partial charge in [0.25, 0.3) is 0 Å².